The largest absolute Gasteiger partial charge is 0.497 e. The van der Waals surface area contributed by atoms with Crippen LogP contribution in [0, 0.1) is 6.92 Å². The smallest absolute Gasteiger partial charge is 0.254 e. The summed E-state index contributed by atoms with van der Waals surface area (Å²) in [4.78, 5) is 25.7. The minimum atomic E-state index is 0.0218. The lowest BCUT2D eigenvalue weighted by Crippen LogP contribution is -2.37. The molecule has 24 heavy (non-hydrogen) atoms. The first-order valence-electron chi connectivity index (χ1n) is 7.96. The maximum absolute atomic E-state index is 12.8. The molecule has 2 aromatic rings. The molecule has 0 atom stereocenters. The summed E-state index contributed by atoms with van der Waals surface area (Å²) in [5.41, 5.74) is 2.75. The van der Waals surface area contributed by atoms with E-state index in [9.17, 15) is 4.79 Å². The molecule has 6 heteroatoms. The van der Waals surface area contributed by atoms with E-state index in [0.717, 1.165) is 35.1 Å². The molecule has 1 aromatic carbocycles. The summed E-state index contributed by atoms with van der Waals surface area (Å²) in [6.45, 7) is 3.11. The first kappa shape index (κ1) is 16.2. The van der Waals surface area contributed by atoms with Gasteiger partial charge < -0.3 is 14.5 Å². The summed E-state index contributed by atoms with van der Waals surface area (Å²) >= 11 is 0. The zero-order valence-corrected chi connectivity index (χ0v) is 14.5. The van der Waals surface area contributed by atoms with Crippen molar-refractivity contribution in [1.29, 1.82) is 0 Å². The number of rotatable bonds is 3. The van der Waals surface area contributed by atoms with Crippen molar-refractivity contribution in [3.63, 3.8) is 0 Å². The van der Waals surface area contributed by atoms with Gasteiger partial charge in [-0.2, -0.15) is 0 Å². The Morgan fingerprint density at radius 2 is 1.92 bits per heavy atom. The highest BCUT2D eigenvalue weighted by molar-refractivity contribution is 5.94. The van der Waals surface area contributed by atoms with Gasteiger partial charge >= 0.3 is 0 Å². The number of aromatic nitrogens is 2. The van der Waals surface area contributed by atoms with E-state index < -0.39 is 0 Å². The number of hydrogen-bond donors (Lipinski definition) is 0. The van der Waals surface area contributed by atoms with Crippen LogP contribution in [0.1, 0.15) is 27.4 Å². The van der Waals surface area contributed by atoms with Crippen LogP contribution in [0.3, 0.4) is 0 Å². The molecule has 2 heterocycles. The fourth-order valence-corrected chi connectivity index (χ4v) is 2.98. The number of carbonyl (C=O) groups is 1. The number of methoxy groups -OCH3 is 1. The van der Waals surface area contributed by atoms with E-state index in [4.69, 9.17) is 4.74 Å². The zero-order valence-electron chi connectivity index (χ0n) is 14.5. The Morgan fingerprint density at radius 3 is 2.54 bits per heavy atom. The molecule has 126 valence electrons. The molecule has 6 nitrogen and oxygen atoms in total. The highest BCUT2D eigenvalue weighted by Crippen LogP contribution is 2.26. The summed E-state index contributed by atoms with van der Waals surface area (Å²) < 4.78 is 5.15. The lowest BCUT2D eigenvalue weighted by atomic mass is 10.0. The first-order chi connectivity index (χ1) is 11.5. The van der Waals surface area contributed by atoms with Gasteiger partial charge in [0.2, 0.25) is 0 Å². The molecule has 0 bridgehead atoms. The maximum atomic E-state index is 12.8. The Kier molecular flexibility index (Phi) is 4.38. The summed E-state index contributed by atoms with van der Waals surface area (Å²) in [6.07, 6.45) is 0.751. The SMILES string of the molecule is COc1ccc(C(=O)N2CCc3nc(C)nc(N(C)C)c3C2)cc1. The normalized spacial score (nSPS) is 13.4. The second kappa shape index (κ2) is 6.47. The number of carbonyl (C=O) groups excluding carboxylic acids is 1. The first-order valence-corrected chi connectivity index (χ1v) is 7.96. The molecule has 0 aliphatic carbocycles. The second-order valence-corrected chi connectivity index (χ2v) is 6.12. The van der Waals surface area contributed by atoms with Crippen molar-refractivity contribution in [1.82, 2.24) is 14.9 Å². The van der Waals surface area contributed by atoms with Crippen molar-refractivity contribution in [3.05, 3.63) is 46.9 Å². The molecule has 1 aromatic heterocycles. The Bertz CT molecular complexity index is 756. The Labute approximate surface area is 142 Å². The van der Waals surface area contributed by atoms with Crippen molar-refractivity contribution in [2.24, 2.45) is 0 Å². The van der Waals surface area contributed by atoms with Crippen molar-refractivity contribution in [2.45, 2.75) is 19.9 Å². The van der Waals surface area contributed by atoms with Gasteiger partial charge in [-0.15, -0.1) is 0 Å². The van der Waals surface area contributed by atoms with Crippen molar-refractivity contribution in [2.75, 3.05) is 32.6 Å². The number of nitrogens with zero attached hydrogens (tertiary/aromatic N) is 4. The number of anilines is 1. The summed E-state index contributed by atoms with van der Waals surface area (Å²) in [6, 6.07) is 7.22. The molecule has 0 saturated heterocycles. The summed E-state index contributed by atoms with van der Waals surface area (Å²) in [5.74, 6) is 2.43. The third-order valence-electron chi connectivity index (χ3n) is 4.20. The van der Waals surface area contributed by atoms with Gasteiger partial charge in [-0.05, 0) is 31.2 Å². The molecule has 0 saturated carbocycles. The average molecular weight is 326 g/mol. The second-order valence-electron chi connectivity index (χ2n) is 6.12. The molecule has 3 rings (SSSR count). The van der Waals surface area contributed by atoms with Crippen LogP contribution in [0.15, 0.2) is 24.3 Å². The molecule has 0 unspecified atom stereocenters. The molecule has 1 amide bonds. The number of benzene rings is 1. The van der Waals surface area contributed by atoms with Crippen LogP contribution in [0.2, 0.25) is 0 Å². The van der Waals surface area contributed by atoms with Gasteiger partial charge in [0, 0.05) is 38.2 Å². The van der Waals surface area contributed by atoms with Gasteiger partial charge in [0.15, 0.2) is 0 Å². The third-order valence-corrected chi connectivity index (χ3v) is 4.20. The molecular weight excluding hydrogens is 304 g/mol. The van der Waals surface area contributed by atoms with E-state index in [1.54, 1.807) is 19.2 Å². The van der Waals surface area contributed by atoms with Gasteiger partial charge in [0.25, 0.3) is 5.91 Å². The number of ether oxygens (including phenoxy) is 1. The van der Waals surface area contributed by atoms with Crippen molar-refractivity contribution < 1.29 is 9.53 Å². The molecule has 0 spiro atoms. The molecule has 0 fully saturated rings. The average Bonchev–Trinajstić information content (AvgIpc) is 2.60. The molecular formula is C18H22N4O2. The predicted molar refractivity (Wildman–Crippen MR) is 92.5 cm³/mol. The predicted octanol–water partition coefficient (Wildman–Crippen LogP) is 2.06. The summed E-state index contributed by atoms with van der Waals surface area (Å²) in [7, 11) is 5.54. The fraction of sp³-hybridized carbons (Fsp3) is 0.389. The Hall–Kier alpha value is -2.63. The topological polar surface area (TPSA) is 58.6 Å². The van der Waals surface area contributed by atoms with Crippen LogP contribution in [0.5, 0.6) is 5.75 Å². The molecule has 0 radical (unpaired) electrons. The van der Waals surface area contributed by atoms with E-state index in [2.05, 4.69) is 9.97 Å². The van der Waals surface area contributed by atoms with Crippen molar-refractivity contribution in [3.8, 4) is 5.75 Å². The summed E-state index contributed by atoms with van der Waals surface area (Å²) in [5, 5.41) is 0. The number of fused-ring (bicyclic) bond motifs is 1. The number of aryl methyl sites for hydroxylation is 1. The lowest BCUT2D eigenvalue weighted by Gasteiger charge is -2.31. The molecule has 1 aliphatic rings. The molecule has 0 N–H and O–H groups in total. The number of amides is 1. The standard InChI is InChI=1S/C18H22N4O2/c1-12-19-16-9-10-22(11-15(16)17(20-12)21(2)3)18(23)13-5-7-14(24-4)8-6-13/h5-8H,9-11H2,1-4H3. The van der Waals surface area contributed by atoms with E-state index >= 15 is 0 Å². The van der Waals surface area contributed by atoms with Crippen molar-refractivity contribution >= 4 is 11.7 Å². The Balaban J connectivity index is 1.87. The minimum Gasteiger partial charge on any atom is -0.497 e. The van der Waals surface area contributed by atoms with E-state index in [1.165, 1.54) is 0 Å². The minimum absolute atomic E-state index is 0.0218. The van der Waals surface area contributed by atoms with Gasteiger partial charge in [-0.1, -0.05) is 0 Å². The van der Waals surface area contributed by atoms with Crippen LogP contribution in [0.25, 0.3) is 0 Å². The van der Waals surface area contributed by atoms with Crippen LogP contribution < -0.4 is 9.64 Å². The maximum Gasteiger partial charge on any atom is 0.254 e. The Morgan fingerprint density at radius 1 is 1.21 bits per heavy atom. The van der Waals surface area contributed by atoms with E-state index in [0.29, 0.717) is 18.7 Å². The zero-order chi connectivity index (χ0) is 17.3. The van der Waals surface area contributed by atoms with E-state index in [1.807, 2.05) is 43.0 Å². The van der Waals surface area contributed by atoms with Crippen LogP contribution in [-0.4, -0.2) is 48.5 Å². The van der Waals surface area contributed by atoms with Crippen LogP contribution in [-0.2, 0) is 13.0 Å². The lowest BCUT2D eigenvalue weighted by molar-refractivity contribution is 0.0733. The van der Waals surface area contributed by atoms with Gasteiger partial charge in [-0.3, -0.25) is 4.79 Å². The molecule has 1 aliphatic heterocycles. The fourth-order valence-electron chi connectivity index (χ4n) is 2.98. The monoisotopic (exact) mass is 326 g/mol. The van der Waals surface area contributed by atoms with Gasteiger partial charge in [0.05, 0.1) is 19.3 Å². The van der Waals surface area contributed by atoms with Crippen LogP contribution in [0.4, 0.5) is 5.82 Å². The van der Waals surface area contributed by atoms with Crippen LogP contribution >= 0.6 is 0 Å². The van der Waals surface area contributed by atoms with Gasteiger partial charge in [-0.25, -0.2) is 9.97 Å². The highest BCUT2D eigenvalue weighted by atomic mass is 16.5. The third kappa shape index (κ3) is 3.04. The van der Waals surface area contributed by atoms with E-state index in [-0.39, 0.29) is 5.91 Å². The highest BCUT2D eigenvalue weighted by Gasteiger charge is 2.26. The van der Waals surface area contributed by atoms with Gasteiger partial charge in [0.1, 0.15) is 17.4 Å². The number of hydrogen-bond acceptors (Lipinski definition) is 5. The quantitative estimate of drug-likeness (QED) is 0.864.